The van der Waals surface area contributed by atoms with Crippen LogP contribution in [0.5, 0.6) is 5.75 Å². The molecule has 1 aliphatic rings. The molecule has 1 aromatic rings. The zero-order chi connectivity index (χ0) is 9.68. The van der Waals surface area contributed by atoms with Gasteiger partial charge in [-0.1, -0.05) is 18.2 Å². The van der Waals surface area contributed by atoms with E-state index in [1.165, 1.54) is 31.3 Å². The van der Waals surface area contributed by atoms with Crippen molar-refractivity contribution in [2.45, 2.75) is 0 Å². The van der Waals surface area contributed by atoms with Gasteiger partial charge in [-0.25, -0.2) is 0 Å². The minimum absolute atomic E-state index is 0.373. The van der Waals surface area contributed by atoms with Gasteiger partial charge in [0.2, 0.25) is 0 Å². The molecule has 1 fully saturated rings. The third-order valence-corrected chi connectivity index (χ3v) is 1.35. The van der Waals surface area contributed by atoms with E-state index in [1.807, 2.05) is 0 Å². The van der Waals surface area contributed by atoms with Crippen LogP contribution in [0.25, 0.3) is 0 Å². The van der Waals surface area contributed by atoms with Gasteiger partial charge in [0.05, 0.1) is 4.92 Å². The quantitative estimate of drug-likeness (QED) is 0.352. The van der Waals surface area contributed by atoms with Gasteiger partial charge < -0.3 is 10.4 Å². The molecule has 5 heteroatoms. The van der Waals surface area contributed by atoms with Gasteiger partial charge in [-0.2, -0.15) is 0 Å². The second-order valence-corrected chi connectivity index (χ2v) is 2.59. The standard InChI is InChI=1S/C6H5NO3.C2H5N/c8-6-4-2-1-3-5(6)7(9)10;1-2-3-1/h1-4,8H;3H,1-2H2. The highest BCUT2D eigenvalue weighted by Crippen LogP contribution is 2.20. The Balaban J connectivity index is 0.000000236. The molecule has 0 aromatic heterocycles. The van der Waals surface area contributed by atoms with Gasteiger partial charge >= 0.3 is 0 Å². The Kier molecular flexibility index (Phi) is 3.22. The fourth-order valence-corrected chi connectivity index (χ4v) is 0.608. The summed E-state index contributed by atoms with van der Waals surface area (Å²) in [5.74, 6) is -0.549. The molecular formula is C8H10N2O3. The first kappa shape index (κ1) is 9.47. The summed E-state index contributed by atoms with van der Waals surface area (Å²) in [5.41, 5.74) is -0.373. The number of rotatable bonds is 1. The van der Waals surface area contributed by atoms with Gasteiger partial charge in [-0.05, 0) is 5.75 Å². The molecule has 0 unspecified atom stereocenters. The summed E-state index contributed by atoms with van der Waals surface area (Å²) >= 11 is 0. The van der Waals surface area contributed by atoms with E-state index in [0.29, 0.717) is 0 Å². The highest BCUT2D eigenvalue weighted by Gasteiger charge is 2.02. The van der Waals surface area contributed by atoms with Crippen LogP contribution in [0.2, 0.25) is 0 Å². The number of nitrogens with two attached hydrogens (primary N) is 1. The molecule has 13 heavy (non-hydrogen) atoms. The van der Waals surface area contributed by atoms with Crippen molar-refractivity contribution in [3.63, 3.8) is 0 Å². The number of nitro groups is 1. The maximum Gasteiger partial charge on any atom is 0.261 e. The van der Waals surface area contributed by atoms with Crippen LogP contribution in [0.15, 0.2) is 24.3 Å². The van der Waals surface area contributed by atoms with Crippen molar-refractivity contribution in [2.24, 2.45) is 0 Å². The highest BCUT2D eigenvalue weighted by molar-refractivity contribution is 5.43. The number of nitro benzene ring substituents is 1. The molecule has 1 heterocycles. The minimum Gasteiger partial charge on any atom is -0.868 e. The second kappa shape index (κ2) is 4.42. The van der Waals surface area contributed by atoms with E-state index in [-0.39, 0.29) is 5.69 Å². The predicted molar refractivity (Wildman–Crippen MR) is 44.2 cm³/mol. The third-order valence-electron chi connectivity index (χ3n) is 1.35. The lowest BCUT2D eigenvalue weighted by atomic mass is 10.3. The van der Waals surface area contributed by atoms with Gasteiger partial charge in [0.25, 0.3) is 5.69 Å². The van der Waals surface area contributed by atoms with Crippen LogP contribution in [0, 0.1) is 10.1 Å². The Morgan fingerprint density at radius 3 is 2.15 bits per heavy atom. The number of nitrogens with zero attached hydrogens (tertiary/aromatic N) is 1. The van der Waals surface area contributed by atoms with Crippen LogP contribution in [0.4, 0.5) is 5.69 Å². The summed E-state index contributed by atoms with van der Waals surface area (Å²) < 4.78 is 0. The maximum atomic E-state index is 10.6. The molecule has 0 aliphatic carbocycles. The molecule has 0 radical (unpaired) electrons. The van der Waals surface area contributed by atoms with Gasteiger partial charge in [0.15, 0.2) is 0 Å². The van der Waals surface area contributed by atoms with E-state index in [4.69, 9.17) is 0 Å². The smallest absolute Gasteiger partial charge is 0.261 e. The molecule has 2 N–H and O–H groups in total. The fourth-order valence-electron chi connectivity index (χ4n) is 0.608. The molecular weight excluding hydrogens is 172 g/mol. The molecule has 2 rings (SSSR count). The average Bonchev–Trinajstić information content (AvgIpc) is 2.90. The molecule has 1 aliphatic heterocycles. The maximum absolute atomic E-state index is 10.6. The molecule has 0 spiro atoms. The molecule has 5 nitrogen and oxygen atoms in total. The van der Waals surface area contributed by atoms with Crippen molar-refractivity contribution in [1.82, 2.24) is 0 Å². The molecule has 0 bridgehead atoms. The summed E-state index contributed by atoms with van der Waals surface area (Å²) in [6, 6.07) is 5.27. The summed E-state index contributed by atoms with van der Waals surface area (Å²) in [7, 11) is 0. The Morgan fingerprint density at radius 2 is 1.85 bits per heavy atom. The first-order valence-corrected chi connectivity index (χ1v) is 3.94. The zero-order valence-electron chi connectivity index (χ0n) is 6.97. The fraction of sp³-hybridized carbons (Fsp3) is 0.250. The summed E-state index contributed by atoms with van der Waals surface area (Å²) in [4.78, 5) is 9.34. The molecule has 0 saturated carbocycles. The largest absolute Gasteiger partial charge is 0.868 e. The van der Waals surface area contributed by atoms with Crippen LogP contribution in [0.3, 0.4) is 0 Å². The summed E-state index contributed by atoms with van der Waals surface area (Å²) in [6.07, 6.45) is 0. The highest BCUT2D eigenvalue weighted by atomic mass is 16.6. The van der Waals surface area contributed by atoms with Crippen molar-refractivity contribution in [3.8, 4) is 5.75 Å². The number of benzene rings is 1. The molecule has 1 aromatic carbocycles. The van der Waals surface area contributed by atoms with Crippen LogP contribution >= 0.6 is 0 Å². The van der Waals surface area contributed by atoms with Gasteiger partial charge in [-0.15, -0.1) is 0 Å². The SMILES string of the molecule is C1C[NH2+]1.O=[N+]([O-])c1ccccc1[O-]. The molecule has 0 atom stereocenters. The number of quaternary nitrogens is 1. The first-order valence-electron chi connectivity index (χ1n) is 3.94. The van der Waals surface area contributed by atoms with Gasteiger partial charge in [0.1, 0.15) is 13.1 Å². The lowest BCUT2D eigenvalue weighted by Gasteiger charge is -2.02. The number of para-hydroxylation sites is 2. The number of hydrogen-bond acceptors (Lipinski definition) is 3. The monoisotopic (exact) mass is 182 g/mol. The number of hydrogen-bond donors (Lipinski definition) is 1. The molecule has 70 valence electrons. The van der Waals surface area contributed by atoms with E-state index in [1.54, 1.807) is 0 Å². The van der Waals surface area contributed by atoms with E-state index < -0.39 is 10.7 Å². The lowest BCUT2D eigenvalue weighted by Crippen LogP contribution is -2.55. The van der Waals surface area contributed by atoms with Gasteiger partial charge in [-0.3, -0.25) is 10.1 Å². The van der Waals surface area contributed by atoms with Crippen LogP contribution < -0.4 is 10.4 Å². The van der Waals surface area contributed by atoms with Crippen molar-refractivity contribution in [2.75, 3.05) is 13.1 Å². The average molecular weight is 182 g/mol. The second-order valence-electron chi connectivity index (χ2n) is 2.59. The molecule has 0 amide bonds. The third kappa shape index (κ3) is 3.53. The van der Waals surface area contributed by atoms with Crippen molar-refractivity contribution >= 4 is 5.69 Å². The van der Waals surface area contributed by atoms with E-state index in [0.717, 1.165) is 6.07 Å². The van der Waals surface area contributed by atoms with Crippen molar-refractivity contribution < 1.29 is 15.3 Å². The van der Waals surface area contributed by atoms with Crippen LogP contribution in [-0.2, 0) is 0 Å². The van der Waals surface area contributed by atoms with Crippen LogP contribution in [-0.4, -0.2) is 18.0 Å². The minimum atomic E-state index is -0.692. The Morgan fingerprint density at radius 1 is 1.31 bits per heavy atom. The van der Waals surface area contributed by atoms with Gasteiger partial charge in [0, 0.05) is 6.07 Å². The topological polar surface area (TPSA) is 82.8 Å². The predicted octanol–water partition coefficient (Wildman–Crippen LogP) is -0.768. The van der Waals surface area contributed by atoms with Crippen LogP contribution in [0.1, 0.15) is 0 Å². The summed E-state index contributed by atoms with van der Waals surface area (Å²) in [5, 5.41) is 22.9. The normalized spacial score (nSPS) is 12.6. The molecule has 1 saturated heterocycles. The Bertz CT molecular complexity index is 296. The summed E-state index contributed by atoms with van der Waals surface area (Å²) in [6.45, 7) is 2.75. The lowest BCUT2D eigenvalue weighted by molar-refractivity contribution is -0.473. The first-order chi connectivity index (χ1) is 6.22. The van der Waals surface area contributed by atoms with E-state index in [2.05, 4.69) is 5.32 Å². The zero-order valence-corrected chi connectivity index (χ0v) is 6.97. The Labute approximate surface area is 75.2 Å². The Hall–Kier alpha value is -1.62. The van der Waals surface area contributed by atoms with Crippen molar-refractivity contribution in [3.05, 3.63) is 34.4 Å². The van der Waals surface area contributed by atoms with E-state index in [9.17, 15) is 15.2 Å². The van der Waals surface area contributed by atoms with E-state index >= 15 is 0 Å². The van der Waals surface area contributed by atoms with Crippen molar-refractivity contribution in [1.29, 1.82) is 0 Å².